The Balaban J connectivity index is 2.73. The lowest BCUT2D eigenvalue weighted by atomic mass is 10.6. The van der Waals surface area contributed by atoms with E-state index >= 15 is 0 Å². The van der Waals surface area contributed by atoms with Crippen LogP contribution in [0.1, 0.15) is 0 Å². The second-order valence-corrected chi connectivity index (χ2v) is 1.34. The molecule has 0 fully saturated rings. The minimum Gasteiger partial charge on any atom is -0.321 e. The van der Waals surface area contributed by atoms with Crippen LogP contribution in [0.2, 0.25) is 0 Å². The number of amides is 1. The van der Waals surface area contributed by atoms with Crippen LogP contribution in [0.4, 0.5) is 0 Å². The maximum Gasteiger partial charge on any atom is 0.249 e. The highest BCUT2D eigenvalue weighted by molar-refractivity contribution is 6.15. The maximum atomic E-state index is 10.3. The molecule has 0 unspecified atom stereocenters. The van der Waals surface area contributed by atoms with E-state index in [-0.39, 0.29) is 5.91 Å². The van der Waals surface area contributed by atoms with E-state index in [0.717, 1.165) is 0 Å². The van der Waals surface area contributed by atoms with Gasteiger partial charge in [-0.25, -0.2) is 0 Å². The molecule has 0 aromatic heterocycles. The molecule has 1 aliphatic heterocycles. The van der Waals surface area contributed by atoms with Crippen LogP contribution in [0.5, 0.6) is 0 Å². The van der Waals surface area contributed by atoms with Gasteiger partial charge in [0, 0.05) is 6.08 Å². The highest BCUT2D eigenvalue weighted by atomic mass is 16.1. The van der Waals surface area contributed by atoms with Crippen molar-refractivity contribution in [2.24, 2.45) is 10.9 Å². The Morgan fingerprint density at radius 1 is 1.62 bits per heavy atom. The molecule has 42 valence electrons. The number of carbonyl (C=O) groups is 1. The SMILES string of the molecule is NN=C1C=CC(=O)N1. The van der Waals surface area contributed by atoms with Crippen LogP contribution < -0.4 is 11.2 Å². The molecule has 0 saturated carbocycles. The van der Waals surface area contributed by atoms with Gasteiger partial charge in [-0.15, -0.1) is 0 Å². The van der Waals surface area contributed by atoms with E-state index in [2.05, 4.69) is 10.4 Å². The zero-order valence-electron chi connectivity index (χ0n) is 4.09. The third-order valence-electron chi connectivity index (χ3n) is 0.783. The Morgan fingerprint density at radius 3 is 2.62 bits per heavy atom. The van der Waals surface area contributed by atoms with Crippen LogP contribution in [0.25, 0.3) is 0 Å². The molecule has 0 atom stereocenters. The smallest absolute Gasteiger partial charge is 0.249 e. The van der Waals surface area contributed by atoms with Gasteiger partial charge in [-0.05, 0) is 6.08 Å². The monoisotopic (exact) mass is 111 g/mol. The number of rotatable bonds is 0. The van der Waals surface area contributed by atoms with E-state index in [1.54, 1.807) is 0 Å². The number of carbonyl (C=O) groups excluding carboxylic acids is 1. The Hall–Kier alpha value is -1.32. The molecule has 4 heteroatoms. The van der Waals surface area contributed by atoms with Crippen molar-refractivity contribution in [1.82, 2.24) is 5.32 Å². The summed E-state index contributed by atoms with van der Waals surface area (Å²) in [5, 5.41) is 5.61. The fourth-order valence-electron chi connectivity index (χ4n) is 0.439. The number of nitrogens with zero attached hydrogens (tertiary/aromatic N) is 1. The van der Waals surface area contributed by atoms with Gasteiger partial charge in [-0.2, -0.15) is 5.10 Å². The summed E-state index contributed by atoms with van der Waals surface area (Å²) in [4.78, 5) is 10.3. The Labute approximate surface area is 46.1 Å². The van der Waals surface area contributed by atoms with Gasteiger partial charge >= 0.3 is 0 Å². The minimum absolute atomic E-state index is 0.172. The first-order valence-electron chi connectivity index (χ1n) is 2.10. The van der Waals surface area contributed by atoms with Gasteiger partial charge in [0.1, 0.15) is 0 Å². The summed E-state index contributed by atoms with van der Waals surface area (Å²) in [6.07, 6.45) is 2.88. The lowest BCUT2D eigenvalue weighted by Crippen LogP contribution is -2.21. The molecule has 1 aliphatic rings. The third kappa shape index (κ3) is 0.676. The molecule has 0 aliphatic carbocycles. The summed E-state index contributed by atoms with van der Waals surface area (Å²) in [6.45, 7) is 0. The zero-order chi connectivity index (χ0) is 5.98. The van der Waals surface area contributed by atoms with Crippen LogP contribution in [0.15, 0.2) is 17.3 Å². The normalized spacial score (nSPS) is 22.0. The van der Waals surface area contributed by atoms with Crippen LogP contribution in [-0.4, -0.2) is 11.7 Å². The van der Waals surface area contributed by atoms with Crippen LogP contribution in [0.3, 0.4) is 0 Å². The average Bonchev–Trinajstić information content (AvgIpc) is 2.14. The number of hydrogen-bond acceptors (Lipinski definition) is 3. The molecule has 0 spiro atoms. The van der Waals surface area contributed by atoms with Crippen molar-refractivity contribution in [3.05, 3.63) is 12.2 Å². The van der Waals surface area contributed by atoms with Gasteiger partial charge in [0.15, 0.2) is 5.84 Å². The van der Waals surface area contributed by atoms with Crippen LogP contribution in [-0.2, 0) is 4.79 Å². The second kappa shape index (κ2) is 1.65. The summed E-state index contributed by atoms with van der Waals surface area (Å²) in [5.74, 6) is 5.06. The highest BCUT2D eigenvalue weighted by Crippen LogP contribution is 1.85. The van der Waals surface area contributed by atoms with Gasteiger partial charge < -0.3 is 11.2 Å². The van der Waals surface area contributed by atoms with Crippen LogP contribution in [0, 0.1) is 0 Å². The summed E-state index contributed by atoms with van der Waals surface area (Å²) < 4.78 is 0. The van der Waals surface area contributed by atoms with Crippen molar-refractivity contribution >= 4 is 11.7 Å². The van der Waals surface area contributed by atoms with E-state index in [4.69, 9.17) is 5.84 Å². The first kappa shape index (κ1) is 4.83. The van der Waals surface area contributed by atoms with Crippen molar-refractivity contribution < 1.29 is 4.79 Å². The predicted octanol–water partition coefficient (Wildman–Crippen LogP) is -1.06. The predicted molar refractivity (Wildman–Crippen MR) is 28.9 cm³/mol. The fourth-order valence-corrected chi connectivity index (χ4v) is 0.439. The van der Waals surface area contributed by atoms with E-state index in [1.807, 2.05) is 0 Å². The van der Waals surface area contributed by atoms with Crippen molar-refractivity contribution in [2.45, 2.75) is 0 Å². The quantitative estimate of drug-likeness (QED) is 0.309. The topological polar surface area (TPSA) is 67.5 Å². The zero-order valence-corrected chi connectivity index (χ0v) is 4.09. The van der Waals surface area contributed by atoms with Gasteiger partial charge in [-0.3, -0.25) is 4.79 Å². The summed E-state index contributed by atoms with van der Waals surface area (Å²) >= 11 is 0. The first-order chi connectivity index (χ1) is 3.83. The highest BCUT2D eigenvalue weighted by Gasteiger charge is 2.05. The molecule has 0 radical (unpaired) electrons. The lowest BCUT2D eigenvalue weighted by Gasteiger charge is -1.87. The fraction of sp³-hybridized carbons (Fsp3) is 0. The second-order valence-electron chi connectivity index (χ2n) is 1.34. The van der Waals surface area contributed by atoms with E-state index < -0.39 is 0 Å². The molecular weight excluding hydrogens is 106 g/mol. The van der Waals surface area contributed by atoms with Gasteiger partial charge in [0.05, 0.1) is 0 Å². The molecule has 4 nitrogen and oxygen atoms in total. The molecule has 3 N–H and O–H groups in total. The number of hydrazone groups is 1. The third-order valence-corrected chi connectivity index (χ3v) is 0.783. The minimum atomic E-state index is -0.172. The summed E-state index contributed by atoms with van der Waals surface area (Å²) in [5.41, 5.74) is 0. The van der Waals surface area contributed by atoms with Crippen molar-refractivity contribution in [3.63, 3.8) is 0 Å². The maximum absolute atomic E-state index is 10.3. The Kier molecular flexibility index (Phi) is 0.997. The van der Waals surface area contributed by atoms with Gasteiger partial charge in [0.25, 0.3) is 0 Å². The molecule has 8 heavy (non-hydrogen) atoms. The van der Waals surface area contributed by atoms with Crippen molar-refractivity contribution in [2.75, 3.05) is 0 Å². The number of hydrogen-bond donors (Lipinski definition) is 2. The molecule has 0 aromatic carbocycles. The molecule has 1 rings (SSSR count). The van der Waals surface area contributed by atoms with Crippen LogP contribution >= 0.6 is 0 Å². The van der Waals surface area contributed by atoms with Gasteiger partial charge in [0.2, 0.25) is 5.91 Å². The first-order valence-corrected chi connectivity index (χ1v) is 2.10. The Morgan fingerprint density at radius 2 is 2.38 bits per heavy atom. The average molecular weight is 111 g/mol. The molecular formula is C4H5N3O. The van der Waals surface area contributed by atoms with Crippen molar-refractivity contribution in [3.8, 4) is 0 Å². The van der Waals surface area contributed by atoms with E-state index in [0.29, 0.717) is 5.84 Å². The number of amidine groups is 1. The Bertz CT molecular complexity index is 170. The summed E-state index contributed by atoms with van der Waals surface area (Å²) in [7, 11) is 0. The van der Waals surface area contributed by atoms with E-state index in [9.17, 15) is 4.79 Å². The molecule has 0 bridgehead atoms. The summed E-state index contributed by atoms with van der Waals surface area (Å²) in [6, 6.07) is 0. The molecule has 0 saturated heterocycles. The molecule has 1 heterocycles. The lowest BCUT2D eigenvalue weighted by molar-refractivity contribution is -0.114. The van der Waals surface area contributed by atoms with Crippen molar-refractivity contribution in [1.29, 1.82) is 0 Å². The molecule has 0 aromatic rings. The number of nitrogens with two attached hydrogens (primary N) is 1. The van der Waals surface area contributed by atoms with Gasteiger partial charge in [-0.1, -0.05) is 0 Å². The standard InChI is InChI=1S/C4H5N3O/c5-7-3-1-2-4(8)6-3/h1-2H,5H2,(H,6,7,8). The van der Waals surface area contributed by atoms with E-state index in [1.165, 1.54) is 12.2 Å². The largest absolute Gasteiger partial charge is 0.321 e. The number of nitrogens with one attached hydrogen (secondary N) is 1. The molecule has 1 amide bonds.